The van der Waals surface area contributed by atoms with Crippen LogP contribution in [-0.4, -0.2) is 77.3 Å². The van der Waals surface area contributed by atoms with E-state index in [4.69, 9.17) is 23.7 Å². The van der Waals surface area contributed by atoms with Crippen molar-refractivity contribution in [3.05, 3.63) is 0 Å². The number of amides is 2. The molecule has 0 saturated carbocycles. The molecule has 3 fully saturated rings. The van der Waals surface area contributed by atoms with Crippen molar-refractivity contribution in [3.8, 4) is 0 Å². The number of carboxylic acid groups (broad SMARTS) is 1. The minimum atomic E-state index is -1.14. The Bertz CT molecular complexity index is 782. The van der Waals surface area contributed by atoms with Gasteiger partial charge >= 0.3 is 5.97 Å². The van der Waals surface area contributed by atoms with Gasteiger partial charge in [0.25, 0.3) is 5.91 Å². The SMILES string of the molecule is CC(C)[C@H](NC(=O)[C@H]1O[C@@H]2OC(C)(C)O[C@@H]2[C@H]2OC(C)(C)O[C@H]21)C(=O)N[C@@H](C(=O)O)C(C)C. The standard InChI is InChI=1S/C22H36N2O9/c1-9(2)11(17(25)24-12(10(3)4)19(27)28)23-18(26)15-13-14(31-21(5,6)30-13)16-20(29-15)33-22(7,8)32-16/h9-16,20H,1-8H3,(H,23,26)(H,24,25)(H,27,28)/t11-,12+,13+,14-,15-,16+,20+/m0/s1. The molecule has 11 nitrogen and oxygen atoms in total. The summed E-state index contributed by atoms with van der Waals surface area (Å²) >= 11 is 0. The lowest BCUT2D eigenvalue weighted by atomic mass is 9.96. The number of carbonyl (C=O) groups is 3. The Hall–Kier alpha value is -1.79. The zero-order valence-corrected chi connectivity index (χ0v) is 20.4. The third kappa shape index (κ3) is 5.48. The van der Waals surface area contributed by atoms with Gasteiger partial charge in [-0.25, -0.2) is 4.79 Å². The molecule has 3 heterocycles. The third-order valence-electron chi connectivity index (χ3n) is 5.89. The molecule has 3 rings (SSSR count). The highest BCUT2D eigenvalue weighted by Crippen LogP contribution is 2.44. The lowest BCUT2D eigenvalue weighted by Crippen LogP contribution is -2.62. The molecule has 7 atom stereocenters. The van der Waals surface area contributed by atoms with Gasteiger partial charge in [-0.1, -0.05) is 27.7 Å². The van der Waals surface area contributed by atoms with E-state index in [1.807, 2.05) is 0 Å². The Kier molecular flexibility index (Phi) is 7.12. The van der Waals surface area contributed by atoms with Gasteiger partial charge in [-0.3, -0.25) is 9.59 Å². The second-order valence-corrected chi connectivity index (χ2v) is 10.4. The number of fused-ring (bicyclic) bond motifs is 3. The minimum Gasteiger partial charge on any atom is -0.480 e. The van der Waals surface area contributed by atoms with Crippen LogP contribution < -0.4 is 10.6 Å². The van der Waals surface area contributed by atoms with Gasteiger partial charge < -0.3 is 39.4 Å². The van der Waals surface area contributed by atoms with E-state index >= 15 is 0 Å². The van der Waals surface area contributed by atoms with Crippen molar-refractivity contribution in [1.29, 1.82) is 0 Å². The predicted octanol–water partition coefficient (Wildman–Crippen LogP) is 0.749. The Morgan fingerprint density at radius 2 is 1.27 bits per heavy atom. The zero-order chi connectivity index (χ0) is 24.9. The van der Waals surface area contributed by atoms with E-state index in [0.29, 0.717) is 0 Å². The summed E-state index contributed by atoms with van der Waals surface area (Å²) < 4.78 is 29.7. The molecule has 0 aromatic heterocycles. The fraction of sp³-hybridized carbons (Fsp3) is 0.864. The lowest BCUT2D eigenvalue weighted by Gasteiger charge is -2.37. The average Bonchev–Trinajstić information content (AvgIpc) is 3.15. The lowest BCUT2D eigenvalue weighted by molar-refractivity contribution is -0.231. The van der Waals surface area contributed by atoms with Crippen LogP contribution in [0.4, 0.5) is 0 Å². The number of ether oxygens (including phenoxy) is 5. The van der Waals surface area contributed by atoms with E-state index < -0.39 is 72.1 Å². The fourth-order valence-corrected chi connectivity index (χ4v) is 4.35. The van der Waals surface area contributed by atoms with Crippen molar-refractivity contribution in [3.63, 3.8) is 0 Å². The third-order valence-corrected chi connectivity index (χ3v) is 5.89. The van der Waals surface area contributed by atoms with Crippen LogP contribution in [0.3, 0.4) is 0 Å². The second-order valence-electron chi connectivity index (χ2n) is 10.4. The largest absolute Gasteiger partial charge is 0.480 e. The molecule has 0 bridgehead atoms. The van der Waals surface area contributed by atoms with Crippen LogP contribution in [-0.2, 0) is 38.1 Å². The van der Waals surface area contributed by atoms with Crippen molar-refractivity contribution in [2.45, 2.75) is 110 Å². The highest BCUT2D eigenvalue weighted by Gasteiger charge is 2.62. The highest BCUT2D eigenvalue weighted by atomic mass is 16.9. The first-order valence-electron chi connectivity index (χ1n) is 11.3. The van der Waals surface area contributed by atoms with Crippen molar-refractivity contribution >= 4 is 17.8 Å². The Morgan fingerprint density at radius 1 is 0.758 bits per heavy atom. The highest BCUT2D eigenvalue weighted by molar-refractivity contribution is 5.92. The summed E-state index contributed by atoms with van der Waals surface area (Å²) in [5, 5.41) is 14.6. The summed E-state index contributed by atoms with van der Waals surface area (Å²) in [6.45, 7) is 13.9. The first-order valence-corrected chi connectivity index (χ1v) is 11.3. The summed E-state index contributed by atoms with van der Waals surface area (Å²) in [6.07, 6.45) is -3.94. The normalized spacial score (nSPS) is 33.8. The minimum absolute atomic E-state index is 0.315. The molecular formula is C22H36N2O9. The van der Waals surface area contributed by atoms with Crippen LogP contribution in [0.15, 0.2) is 0 Å². The molecule has 0 aliphatic carbocycles. The first kappa shape index (κ1) is 25.8. The summed E-state index contributed by atoms with van der Waals surface area (Å²) in [5.74, 6) is -4.85. The van der Waals surface area contributed by atoms with Gasteiger partial charge in [0.2, 0.25) is 5.91 Å². The van der Waals surface area contributed by atoms with E-state index in [-0.39, 0.29) is 11.8 Å². The molecule has 11 heteroatoms. The molecule has 0 aromatic carbocycles. The summed E-state index contributed by atoms with van der Waals surface area (Å²) in [7, 11) is 0. The number of hydrogen-bond acceptors (Lipinski definition) is 8. The predicted molar refractivity (Wildman–Crippen MR) is 114 cm³/mol. The van der Waals surface area contributed by atoms with E-state index in [9.17, 15) is 19.5 Å². The van der Waals surface area contributed by atoms with E-state index in [1.54, 1.807) is 55.4 Å². The molecule has 2 amide bonds. The molecule has 33 heavy (non-hydrogen) atoms. The van der Waals surface area contributed by atoms with Crippen LogP contribution in [0.5, 0.6) is 0 Å². The van der Waals surface area contributed by atoms with Gasteiger partial charge in [0, 0.05) is 0 Å². The smallest absolute Gasteiger partial charge is 0.326 e. The Morgan fingerprint density at radius 3 is 1.82 bits per heavy atom. The number of nitrogens with one attached hydrogen (secondary N) is 2. The molecule has 0 aromatic rings. The van der Waals surface area contributed by atoms with Gasteiger partial charge in [-0.05, 0) is 39.5 Å². The van der Waals surface area contributed by atoms with Gasteiger partial charge in [0.05, 0.1) is 0 Å². The maximum Gasteiger partial charge on any atom is 0.326 e. The average molecular weight is 473 g/mol. The van der Waals surface area contributed by atoms with Crippen LogP contribution in [0.2, 0.25) is 0 Å². The van der Waals surface area contributed by atoms with Crippen LogP contribution >= 0.6 is 0 Å². The molecule has 3 saturated heterocycles. The van der Waals surface area contributed by atoms with E-state index in [2.05, 4.69) is 10.6 Å². The summed E-state index contributed by atoms with van der Waals surface area (Å²) in [5.41, 5.74) is 0. The van der Waals surface area contributed by atoms with E-state index in [1.165, 1.54) is 0 Å². The zero-order valence-electron chi connectivity index (χ0n) is 20.4. The van der Waals surface area contributed by atoms with Crippen LogP contribution in [0.25, 0.3) is 0 Å². The van der Waals surface area contributed by atoms with Gasteiger partial charge in [-0.15, -0.1) is 0 Å². The second kappa shape index (κ2) is 9.10. The van der Waals surface area contributed by atoms with Crippen molar-refractivity contribution < 1.29 is 43.2 Å². The monoisotopic (exact) mass is 472 g/mol. The van der Waals surface area contributed by atoms with Gasteiger partial charge in [0.1, 0.15) is 30.4 Å². The fourth-order valence-electron chi connectivity index (χ4n) is 4.35. The Balaban J connectivity index is 1.78. The molecule has 3 N–H and O–H groups in total. The van der Waals surface area contributed by atoms with Crippen molar-refractivity contribution in [2.24, 2.45) is 11.8 Å². The number of carboxylic acids is 1. The van der Waals surface area contributed by atoms with Crippen molar-refractivity contribution in [1.82, 2.24) is 10.6 Å². The van der Waals surface area contributed by atoms with Crippen LogP contribution in [0.1, 0.15) is 55.4 Å². The maximum atomic E-state index is 13.3. The molecule has 3 aliphatic rings. The number of aliphatic carboxylic acids is 1. The Labute approximate surface area is 193 Å². The molecule has 3 aliphatic heterocycles. The molecule has 188 valence electrons. The van der Waals surface area contributed by atoms with Gasteiger partial charge in [-0.2, -0.15) is 0 Å². The quantitative estimate of drug-likeness (QED) is 0.489. The van der Waals surface area contributed by atoms with Gasteiger partial charge in [0.15, 0.2) is 24.0 Å². The molecule has 0 radical (unpaired) electrons. The first-order chi connectivity index (χ1) is 15.1. The number of hydrogen-bond donors (Lipinski definition) is 3. The van der Waals surface area contributed by atoms with E-state index in [0.717, 1.165) is 0 Å². The maximum absolute atomic E-state index is 13.3. The number of rotatable bonds is 7. The van der Waals surface area contributed by atoms with Crippen LogP contribution in [0, 0.1) is 11.8 Å². The molecular weight excluding hydrogens is 436 g/mol. The molecule has 0 spiro atoms. The number of carbonyl (C=O) groups excluding carboxylic acids is 2. The molecule has 0 unspecified atom stereocenters. The summed E-state index contributed by atoms with van der Waals surface area (Å²) in [4.78, 5) is 37.7. The summed E-state index contributed by atoms with van der Waals surface area (Å²) in [6, 6.07) is -2.06. The topological polar surface area (TPSA) is 142 Å². The van der Waals surface area contributed by atoms with Crippen molar-refractivity contribution in [2.75, 3.05) is 0 Å².